The third-order valence-electron chi connectivity index (χ3n) is 5.11. The first-order valence-corrected chi connectivity index (χ1v) is 10.5. The van der Waals surface area contributed by atoms with Crippen LogP contribution >= 0.6 is 0 Å². The van der Waals surface area contributed by atoms with Gasteiger partial charge in [0.25, 0.3) is 0 Å². The van der Waals surface area contributed by atoms with E-state index in [1.807, 2.05) is 0 Å². The topological polar surface area (TPSA) is 105 Å². The number of fused-ring (bicyclic) bond motifs is 1. The van der Waals surface area contributed by atoms with E-state index in [1.54, 1.807) is 16.9 Å². The van der Waals surface area contributed by atoms with Gasteiger partial charge in [0.1, 0.15) is 11.6 Å². The lowest BCUT2D eigenvalue weighted by molar-refractivity contribution is -0.120. The molecule has 2 N–H and O–H groups in total. The number of ether oxygens (including phenoxy) is 2. The molecule has 4 rings (SSSR count). The smallest absolute Gasteiger partial charge is 0.307 e. The standard InChI is InChI=1S/C18H21FN2O6S/c19-16-8-18(23,21-9-17(22)20-28(21,24)25)7-13-3-4-14(6-15(13)16)27-11-12-2-1-5-26-10-12/h3-4,6-7,12,23H,1-2,5,8-11H2,(H,20,22). The maximum absolute atomic E-state index is 14.8. The molecule has 0 spiro atoms. The monoisotopic (exact) mass is 412 g/mol. The maximum Gasteiger partial charge on any atom is 0.307 e. The predicted molar refractivity (Wildman–Crippen MR) is 97.0 cm³/mol. The molecule has 152 valence electrons. The minimum Gasteiger partial charge on any atom is -0.493 e. The van der Waals surface area contributed by atoms with Crippen LogP contribution in [-0.4, -0.2) is 55.8 Å². The minimum atomic E-state index is -4.21. The fourth-order valence-electron chi connectivity index (χ4n) is 3.71. The van der Waals surface area contributed by atoms with Crippen molar-refractivity contribution in [2.75, 3.05) is 26.4 Å². The Morgan fingerprint density at radius 2 is 2.25 bits per heavy atom. The quantitative estimate of drug-likeness (QED) is 0.666. The third kappa shape index (κ3) is 3.64. The Bertz CT molecular complexity index is 1020. The van der Waals surface area contributed by atoms with Gasteiger partial charge in [-0.1, -0.05) is 6.07 Å². The van der Waals surface area contributed by atoms with Crippen LogP contribution in [0.25, 0.3) is 11.9 Å². The predicted octanol–water partition coefficient (Wildman–Crippen LogP) is -0.881. The lowest BCUT2D eigenvalue weighted by Crippen LogP contribution is -2.53. The summed E-state index contributed by atoms with van der Waals surface area (Å²) in [5, 5.41) is 11.3. The summed E-state index contributed by atoms with van der Waals surface area (Å²) in [7, 11) is -4.21. The van der Waals surface area contributed by atoms with Crippen LogP contribution in [0.3, 0.4) is 0 Å². The average Bonchev–Trinajstić information content (AvgIpc) is 2.94. The maximum atomic E-state index is 14.8. The number of rotatable bonds is 4. The number of carbonyl (C=O) groups excluding carboxylic acids is 1. The summed E-state index contributed by atoms with van der Waals surface area (Å²) in [5.41, 5.74) is -2.16. The lowest BCUT2D eigenvalue weighted by Gasteiger charge is -2.33. The molecule has 1 aromatic rings. The van der Waals surface area contributed by atoms with E-state index in [2.05, 4.69) is 0 Å². The second kappa shape index (κ2) is 7.11. The average molecular weight is 412 g/mol. The van der Waals surface area contributed by atoms with Gasteiger partial charge in [-0.3, -0.25) is 4.79 Å². The Balaban J connectivity index is 1.60. The molecule has 8 nitrogen and oxygen atoms in total. The van der Waals surface area contributed by atoms with Gasteiger partial charge in [-0.15, -0.1) is 4.31 Å². The van der Waals surface area contributed by atoms with Crippen molar-refractivity contribution in [2.45, 2.75) is 25.0 Å². The number of benzene rings is 1. The van der Waals surface area contributed by atoms with Crippen LogP contribution in [0.4, 0.5) is 4.39 Å². The van der Waals surface area contributed by atoms with Crippen molar-refractivity contribution in [1.82, 2.24) is 9.03 Å². The molecule has 28 heavy (non-hydrogen) atoms. The molecule has 2 atom stereocenters. The molecule has 2 aliphatic heterocycles. The van der Waals surface area contributed by atoms with Crippen molar-refractivity contribution in [1.29, 1.82) is 0 Å². The summed E-state index contributed by atoms with van der Waals surface area (Å²) in [6, 6.07) is 4.73. The van der Waals surface area contributed by atoms with E-state index in [-0.39, 0.29) is 5.22 Å². The Kier molecular flexibility index (Phi) is 4.90. The largest absolute Gasteiger partial charge is 0.493 e. The van der Waals surface area contributed by atoms with E-state index in [0.29, 0.717) is 34.4 Å². The molecule has 0 radical (unpaired) electrons. The van der Waals surface area contributed by atoms with Gasteiger partial charge in [-0.05, 0) is 36.3 Å². The molecule has 2 fully saturated rings. The second-order valence-electron chi connectivity index (χ2n) is 7.28. The van der Waals surface area contributed by atoms with Gasteiger partial charge in [-0.25, -0.2) is 9.11 Å². The zero-order valence-electron chi connectivity index (χ0n) is 15.1. The summed E-state index contributed by atoms with van der Waals surface area (Å²) < 4.78 is 52.4. The van der Waals surface area contributed by atoms with Crippen molar-refractivity contribution in [3.05, 3.63) is 28.6 Å². The van der Waals surface area contributed by atoms with Crippen molar-refractivity contribution in [2.24, 2.45) is 5.92 Å². The van der Waals surface area contributed by atoms with E-state index in [1.165, 1.54) is 12.1 Å². The Hall–Kier alpha value is -2.01. The van der Waals surface area contributed by atoms with E-state index >= 15 is 0 Å². The van der Waals surface area contributed by atoms with Gasteiger partial charge in [0.15, 0.2) is 5.72 Å². The normalized spacial score (nSPS) is 29.7. The van der Waals surface area contributed by atoms with Crippen LogP contribution in [0.15, 0.2) is 18.2 Å². The first-order chi connectivity index (χ1) is 13.3. The molecular weight excluding hydrogens is 391 g/mol. The summed E-state index contributed by atoms with van der Waals surface area (Å²) in [6.45, 7) is 1.31. The van der Waals surface area contributed by atoms with E-state index in [0.717, 1.165) is 19.4 Å². The summed E-state index contributed by atoms with van der Waals surface area (Å²) in [5.74, 6) is -0.672. The Labute approximate surface area is 161 Å². The molecular formula is C18H21FN2O6S. The van der Waals surface area contributed by atoms with E-state index in [4.69, 9.17) is 9.47 Å². The summed E-state index contributed by atoms with van der Waals surface area (Å²) >= 11 is 0. The Morgan fingerprint density at radius 3 is 2.93 bits per heavy atom. The number of nitrogens with one attached hydrogen (secondary N) is 1. The number of hydrogen-bond donors (Lipinski definition) is 2. The number of aliphatic hydroxyl groups is 1. The summed E-state index contributed by atoms with van der Waals surface area (Å²) in [6.07, 6.45) is 2.67. The van der Waals surface area contributed by atoms with Crippen LogP contribution in [0.2, 0.25) is 0 Å². The number of halogens is 1. The highest BCUT2D eigenvalue weighted by molar-refractivity contribution is 7.88. The summed E-state index contributed by atoms with van der Waals surface area (Å²) in [4.78, 5) is 11.4. The molecule has 2 heterocycles. The molecule has 1 aliphatic carbocycles. The zero-order chi connectivity index (χ0) is 19.9. The van der Waals surface area contributed by atoms with Crippen LogP contribution in [-0.2, 0) is 19.7 Å². The molecule has 0 bridgehead atoms. The number of hydrogen-bond acceptors (Lipinski definition) is 6. The first-order valence-electron chi connectivity index (χ1n) is 9.05. The van der Waals surface area contributed by atoms with Gasteiger partial charge in [0.05, 0.1) is 19.8 Å². The highest BCUT2D eigenvalue weighted by Crippen LogP contribution is 2.30. The van der Waals surface area contributed by atoms with Gasteiger partial charge >= 0.3 is 10.2 Å². The molecule has 0 aromatic heterocycles. The van der Waals surface area contributed by atoms with Crippen molar-refractivity contribution >= 4 is 28.0 Å². The highest BCUT2D eigenvalue weighted by Gasteiger charge is 2.48. The van der Waals surface area contributed by atoms with Gasteiger partial charge < -0.3 is 14.6 Å². The SMILES string of the molecule is O=C1CN(C2(O)C=c3ccc(OCC4CCCOC4)cc3=C(F)C2)S(=O)(=O)N1. The van der Waals surface area contributed by atoms with Crippen LogP contribution in [0.5, 0.6) is 5.75 Å². The molecule has 2 unspecified atom stereocenters. The van der Waals surface area contributed by atoms with E-state index in [9.17, 15) is 22.7 Å². The number of amides is 1. The van der Waals surface area contributed by atoms with Crippen LogP contribution < -0.4 is 19.9 Å². The molecule has 0 saturated carbocycles. The first kappa shape index (κ1) is 19.3. The van der Waals surface area contributed by atoms with Crippen LogP contribution in [0, 0.1) is 5.92 Å². The van der Waals surface area contributed by atoms with Crippen molar-refractivity contribution < 1.29 is 32.2 Å². The molecule has 1 amide bonds. The number of carbonyl (C=O) groups is 1. The molecule has 2 saturated heterocycles. The molecule has 10 heteroatoms. The lowest BCUT2D eigenvalue weighted by atomic mass is 9.98. The minimum absolute atomic E-state index is 0.234. The fraction of sp³-hybridized carbons (Fsp3) is 0.500. The highest BCUT2D eigenvalue weighted by atomic mass is 32.2. The van der Waals surface area contributed by atoms with Crippen molar-refractivity contribution in [3.8, 4) is 5.75 Å². The second-order valence-corrected chi connectivity index (χ2v) is 8.88. The van der Waals surface area contributed by atoms with E-state index < -0.39 is 40.6 Å². The molecule has 1 aromatic carbocycles. The number of nitrogens with zero attached hydrogens (tertiary/aromatic N) is 1. The van der Waals surface area contributed by atoms with Crippen LogP contribution in [0.1, 0.15) is 19.3 Å². The van der Waals surface area contributed by atoms with Crippen molar-refractivity contribution in [3.63, 3.8) is 0 Å². The van der Waals surface area contributed by atoms with Gasteiger partial charge in [0, 0.05) is 24.2 Å². The molecule has 3 aliphatic rings. The third-order valence-corrected chi connectivity index (χ3v) is 6.62. The zero-order valence-corrected chi connectivity index (χ0v) is 15.9. The fourth-order valence-corrected chi connectivity index (χ4v) is 5.00. The van der Waals surface area contributed by atoms with Gasteiger partial charge in [0.2, 0.25) is 5.91 Å². The Morgan fingerprint density at radius 1 is 1.43 bits per heavy atom. The van der Waals surface area contributed by atoms with Gasteiger partial charge in [-0.2, -0.15) is 8.42 Å².